The van der Waals surface area contributed by atoms with E-state index in [0.29, 0.717) is 29.0 Å². The summed E-state index contributed by atoms with van der Waals surface area (Å²) in [5.74, 6) is 1.33. The fourth-order valence-electron chi connectivity index (χ4n) is 4.58. The molecular weight excluding hydrogens is 432 g/mol. The van der Waals surface area contributed by atoms with Gasteiger partial charge in [0, 0.05) is 29.2 Å². The zero-order chi connectivity index (χ0) is 23.7. The number of carbonyl (C=O) groups excluding carboxylic acids is 1. The standard InChI is InChI=1S/C27H26N2O5/c1-32-21-11-7-18(8-12-21)25-27(31,20-9-13-22(33-2)14-10-20)29(26(30)34-25)16-15-19-17-28-24-6-4-3-5-23(19)24/h3-14,17,25,28,31H,15-16H2,1-2H3/t25-,27+/m1/s1. The van der Waals surface area contributed by atoms with E-state index in [1.54, 1.807) is 62.8 Å². The number of aromatic amines is 1. The van der Waals surface area contributed by atoms with Crippen molar-refractivity contribution in [1.82, 2.24) is 9.88 Å². The van der Waals surface area contributed by atoms with Gasteiger partial charge in [-0.3, -0.25) is 4.90 Å². The molecule has 1 saturated heterocycles. The molecule has 1 aliphatic rings. The summed E-state index contributed by atoms with van der Waals surface area (Å²) in [7, 11) is 3.17. The lowest BCUT2D eigenvalue weighted by Crippen LogP contribution is -2.46. The predicted octanol–water partition coefficient (Wildman–Crippen LogP) is 4.77. The number of ether oxygens (including phenoxy) is 3. The smallest absolute Gasteiger partial charge is 0.413 e. The van der Waals surface area contributed by atoms with E-state index in [4.69, 9.17) is 14.2 Å². The first-order chi connectivity index (χ1) is 16.5. The number of hydrogen-bond donors (Lipinski definition) is 2. The lowest BCUT2D eigenvalue weighted by Gasteiger charge is -2.35. The molecule has 174 valence electrons. The molecule has 7 nitrogen and oxygen atoms in total. The van der Waals surface area contributed by atoms with E-state index in [-0.39, 0.29) is 6.54 Å². The van der Waals surface area contributed by atoms with Crippen LogP contribution < -0.4 is 9.47 Å². The molecule has 1 aromatic heterocycles. The van der Waals surface area contributed by atoms with Gasteiger partial charge in [-0.1, -0.05) is 42.5 Å². The molecule has 0 saturated carbocycles. The van der Waals surface area contributed by atoms with Crippen molar-refractivity contribution in [2.75, 3.05) is 20.8 Å². The fourth-order valence-corrected chi connectivity index (χ4v) is 4.58. The fraction of sp³-hybridized carbons (Fsp3) is 0.222. The van der Waals surface area contributed by atoms with Crippen molar-refractivity contribution >= 4 is 17.0 Å². The summed E-state index contributed by atoms with van der Waals surface area (Å²) in [6, 6.07) is 22.2. The van der Waals surface area contributed by atoms with Gasteiger partial charge in [-0.05, 0) is 47.9 Å². The van der Waals surface area contributed by atoms with Crippen LogP contribution in [0.25, 0.3) is 10.9 Å². The number of benzene rings is 3. The second-order valence-corrected chi connectivity index (χ2v) is 8.25. The summed E-state index contributed by atoms with van der Waals surface area (Å²) in [6.07, 6.45) is 1.01. The summed E-state index contributed by atoms with van der Waals surface area (Å²) in [5, 5.41) is 13.2. The van der Waals surface area contributed by atoms with Gasteiger partial charge in [0.1, 0.15) is 11.5 Å². The Morgan fingerprint density at radius 1 is 0.971 bits per heavy atom. The molecule has 1 aliphatic heterocycles. The number of methoxy groups -OCH3 is 2. The normalized spacial score (nSPS) is 19.9. The molecule has 0 aliphatic carbocycles. The number of hydrogen-bond acceptors (Lipinski definition) is 5. The van der Waals surface area contributed by atoms with Crippen LogP contribution in [0.2, 0.25) is 0 Å². The third kappa shape index (κ3) is 3.64. The number of nitrogens with one attached hydrogen (secondary N) is 1. The second-order valence-electron chi connectivity index (χ2n) is 8.25. The lowest BCUT2D eigenvalue weighted by molar-refractivity contribution is -0.109. The molecular formula is C27H26N2O5. The summed E-state index contributed by atoms with van der Waals surface area (Å²) < 4.78 is 16.3. The molecule has 7 heteroatoms. The van der Waals surface area contributed by atoms with Gasteiger partial charge in [0.15, 0.2) is 6.10 Å². The summed E-state index contributed by atoms with van der Waals surface area (Å²) in [6.45, 7) is 0.274. The molecule has 0 spiro atoms. The molecule has 2 atom stereocenters. The molecule has 0 unspecified atom stereocenters. The third-order valence-corrected chi connectivity index (χ3v) is 6.43. The Bertz CT molecular complexity index is 1300. The number of fused-ring (bicyclic) bond motifs is 1. The van der Waals surface area contributed by atoms with Gasteiger partial charge in [0.25, 0.3) is 0 Å². The Morgan fingerprint density at radius 3 is 2.29 bits per heavy atom. The quantitative estimate of drug-likeness (QED) is 0.417. The molecule has 1 fully saturated rings. The van der Waals surface area contributed by atoms with E-state index in [2.05, 4.69) is 4.98 Å². The van der Waals surface area contributed by atoms with Crippen LogP contribution in [0.5, 0.6) is 11.5 Å². The Morgan fingerprint density at radius 2 is 1.62 bits per heavy atom. The van der Waals surface area contributed by atoms with Crippen molar-refractivity contribution in [1.29, 1.82) is 0 Å². The average molecular weight is 459 g/mol. The van der Waals surface area contributed by atoms with Crippen LogP contribution in [0, 0.1) is 0 Å². The molecule has 2 heterocycles. The van der Waals surface area contributed by atoms with E-state index >= 15 is 0 Å². The van der Waals surface area contributed by atoms with Gasteiger partial charge < -0.3 is 24.3 Å². The van der Waals surface area contributed by atoms with Gasteiger partial charge >= 0.3 is 6.09 Å². The topological polar surface area (TPSA) is 84.0 Å². The SMILES string of the molecule is COc1ccc([C@H]2OC(=O)N(CCc3c[nH]c4ccccc34)[C@]2(O)c2ccc(OC)cc2)cc1. The van der Waals surface area contributed by atoms with E-state index in [1.807, 2.05) is 30.5 Å². The van der Waals surface area contributed by atoms with E-state index in [1.165, 1.54) is 4.90 Å². The van der Waals surface area contributed by atoms with Gasteiger partial charge in [-0.2, -0.15) is 0 Å². The minimum atomic E-state index is -1.70. The predicted molar refractivity (Wildman–Crippen MR) is 128 cm³/mol. The molecule has 3 aromatic carbocycles. The first-order valence-corrected chi connectivity index (χ1v) is 11.1. The largest absolute Gasteiger partial charge is 0.497 e. The number of aromatic nitrogens is 1. The zero-order valence-electron chi connectivity index (χ0n) is 19.0. The Balaban J connectivity index is 1.52. The number of aliphatic hydroxyl groups is 1. The van der Waals surface area contributed by atoms with Gasteiger partial charge in [-0.25, -0.2) is 4.79 Å². The number of H-pyrrole nitrogens is 1. The van der Waals surface area contributed by atoms with Crippen LogP contribution in [0.1, 0.15) is 22.8 Å². The molecule has 0 bridgehead atoms. The Hall–Kier alpha value is -3.97. The lowest BCUT2D eigenvalue weighted by atomic mass is 9.91. The molecule has 2 N–H and O–H groups in total. The first kappa shape index (κ1) is 21.9. The number of nitrogens with zero attached hydrogens (tertiary/aromatic N) is 1. The summed E-state index contributed by atoms with van der Waals surface area (Å²) in [5.41, 5.74) is 1.60. The molecule has 4 aromatic rings. The second kappa shape index (κ2) is 8.76. The van der Waals surface area contributed by atoms with Crippen LogP contribution >= 0.6 is 0 Å². The highest BCUT2D eigenvalue weighted by Crippen LogP contribution is 2.47. The Kier molecular flexibility index (Phi) is 5.63. The van der Waals surface area contributed by atoms with Crippen molar-refractivity contribution < 1.29 is 24.1 Å². The molecule has 0 radical (unpaired) electrons. The molecule has 34 heavy (non-hydrogen) atoms. The van der Waals surface area contributed by atoms with Crippen LogP contribution in [-0.2, 0) is 16.9 Å². The Labute approximate surface area is 197 Å². The number of carbonyl (C=O) groups is 1. The van der Waals surface area contributed by atoms with Crippen LogP contribution in [0.15, 0.2) is 79.0 Å². The number of cyclic esters (lactones) is 1. The maximum Gasteiger partial charge on any atom is 0.413 e. The van der Waals surface area contributed by atoms with Gasteiger partial charge in [0.05, 0.1) is 14.2 Å². The van der Waals surface area contributed by atoms with E-state index in [9.17, 15) is 9.90 Å². The highest BCUT2D eigenvalue weighted by Gasteiger charge is 2.55. The molecule has 5 rings (SSSR count). The summed E-state index contributed by atoms with van der Waals surface area (Å²) in [4.78, 5) is 17.8. The van der Waals surface area contributed by atoms with Crippen molar-refractivity contribution in [2.24, 2.45) is 0 Å². The van der Waals surface area contributed by atoms with Gasteiger partial charge in [0.2, 0.25) is 5.72 Å². The molecule has 1 amide bonds. The van der Waals surface area contributed by atoms with Crippen molar-refractivity contribution in [2.45, 2.75) is 18.2 Å². The average Bonchev–Trinajstić information content (AvgIpc) is 3.41. The van der Waals surface area contributed by atoms with Crippen molar-refractivity contribution in [3.8, 4) is 11.5 Å². The van der Waals surface area contributed by atoms with Crippen molar-refractivity contribution in [3.63, 3.8) is 0 Å². The van der Waals surface area contributed by atoms with E-state index in [0.717, 1.165) is 16.5 Å². The summed E-state index contributed by atoms with van der Waals surface area (Å²) >= 11 is 0. The van der Waals surface area contributed by atoms with Crippen LogP contribution in [0.3, 0.4) is 0 Å². The van der Waals surface area contributed by atoms with Crippen LogP contribution in [0.4, 0.5) is 4.79 Å². The monoisotopic (exact) mass is 458 g/mol. The van der Waals surface area contributed by atoms with Crippen LogP contribution in [-0.4, -0.2) is 41.8 Å². The number of amides is 1. The maximum absolute atomic E-state index is 13.1. The number of para-hydroxylation sites is 1. The minimum Gasteiger partial charge on any atom is -0.497 e. The van der Waals surface area contributed by atoms with Crippen molar-refractivity contribution in [3.05, 3.63) is 95.7 Å². The first-order valence-electron chi connectivity index (χ1n) is 11.1. The van der Waals surface area contributed by atoms with E-state index < -0.39 is 17.9 Å². The highest BCUT2D eigenvalue weighted by molar-refractivity contribution is 5.83. The minimum absolute atomic E-state index is 0.274. The third-order valence-electron chi connectivity index (χ3n) is 6.43. The highest BCUT2D eigenvalue weighted by atomic mass is 16.6. The maximum atomic E-state index is 13.1. The zero-order valence-corrected chi connectivity index (χ0v) is 19.0. The van der Waals surface area contributed by atoms with Gasteiger partial charge in [-0.15, -0.1) is 0 Å². The number of rotatable bonds is 7.